The molecule has 0 aliphatic heterocycles. The Bertz CT molecular complexity index is 193. The molecule has 0 aromatic heterocycles. The molecule has 62 valence electrons. The first kappa shape index (κ1) is 10.0. The number of allylic oxidation sites excluding steroid dienone is 2. The van der Waals surface area contributed by atoms with E-state index in [4.69, 9.17) is 0 Å². The van der Waals surface area contributed by atoms with E-state index in [9.17, 15) is 0 Å². The van der Waals surface area contributed by atoms with Gasteiger partial charge in [0.2, 0.25) is 0 Å². The minimum atomic E-state index is 0.981. The molecular formula is C10H17N. The average Bonchev–Trinajstić information content (AvgIpc) is 1.85. The van der Waals surface area contributed by atoms with E-state index in [0.717, 1.165) is 5.57 Å². The summed E-state index contributed by atoms with van der Waals surface area (Å²) in [6.45, 7) is 11.7. The van der Waals surface area contributed by atoms with E-state index in [1.165, 1.54) is 11.3 Å². The third-order valence-corrected chi connectivity index (χ3v) is 1.47. The summed E-state index contributed by atoms with van der Waals surface area (Å²) in [6, 6.07) is 0. The maximum atomic E-state index is 3.90. The van der Waals surface area contributed by atoms with Crippen LogP contribution in [0.5, 0.6) is 0 Å². The lowest BCUT2D eigenvalue weighted by Gasteiger charge is -2.19. The summed E-state index contributed by atoms with van der Waals surface area (Å²) in [5, 5.41) is 0. The highest BCUT2D eigenvalue weighted by atomic mass is 15.1. The molecule has 0 rings (SSSR count). The van der Waals surface area contributed by atoms with Crippen molar-refractivity contribution in [1.82, 2.24) is 4.90 Å². The van der Waals surface area contributed by atoms with Gasteiger partial charge in [0.25, 0.3) is 0 Å². The highest BCUT2D eigenvalue weighted by Crippen LogP contribution is 2.15. The Kier molecular flexibility index (Phi) is 3.66. The first-order chi connectivity index (χ1) is 5.00. The van der Waals surface area contributed by atoms with Crippen molar-refractivity contribution >= 4 is 0 Å². The fourth-order valence-corrected chi connectivity index (χ4v) is 1.15. The SMILES string of the molecule is C=CC(=C)C(=C(C)C)N(C)C. The average molecular weight is 151 g/mol. The molecule has 0 heterocycles. The highest BCUT2D eigenvalue weighted by molar-refractivity contribution is 5.37. The molecule has 0 atom stereocenters. The van der Waals surface area contributed by atoms with E-state index in [2.05, 4.69) is 31.9 Å². The van der Waals surface area contributed by atoms with Crippen molar-refractivity contribution in [3.05, 3.63) is 36.1 Å². The van der Waals surface area contributed by atoms with E-state index in [0.29, 0.717) is 0 Å². The van der Waals surface area contributed by atoms with E-state index < -0.39 is 0 Å². The van der Waals surface area contributed by atoms with Gasteiger partial charge in [0.1, 0.15) is 0 Å². The van der Waals surface area contributed by atoms with Crippen molar-refractivity contribution in [2.75, 3.05) is 14.1 Å². The minimum absolute atomic E-state index is 0.981. The monoisotopic (exact) mass is 151 g/mol. The van der Waals surface area contributed by atoms with Gasteiger partial charge in [-0.2, -0.15) is 0 Å². The maximum Gasteiger partial charge on any atom is 0.0414 e. The lowest BCUT2D eigenvalue weighted by Crippen LogP contribution is -2.13. The number of nitrogens with zero attached hydrogens (tertiary/aromatic N) is 1. The maximum absolute atomic E-state index is 3.90. The van der Waals surface area contributed by atoms with Crippen molar-refractivity contribution in [2.24, 2.45) is 0 Å². The van der Waals surface area contributed by atoms with Gasteiger partial charge in [0.15, 0.2) is 0 Å². The molecule has 0 saturated heterocycles. The van der Waals surface area contributed by atoms with Gasteiger partial charge in [-0.15, -0.1) is 0 Å². The molecule has 1 heteroatoms. The Morgan fingerprint density at radius 2 is 1.73 bits per heavy atom. The van der Waals surface area contributed by atoms with Gasteiger partial charge in [0.05, 0.1) is 0 Å². The van der Waals surface area contributed by atoms with E-state index in [1.54, 1.807) is 6.08 Å². The molecule has 0 aromatic rings. The summed E-state index contributed by atoms with van der Waals surface area (Å²) in [5.41, 5.74) is 3.41. The summed E-state index contributed by atoms with van der Waals surface area (Å²) in [4.78, 5) is 2.05. The first-order valence-corrected chi connectivity index (χ1v) is 3.67. The van der Waals surface area contributed by atoms with Gasteiger partial charge in [-0.1, -0.05) is 24.8 Å². The molecule has 0 saturated carbocycles. The molecule has 0 fully saturated rings. The van der Waals surface area contributed by atoms with Gasteiger partial charge in [-0.05, 0) is 19.4 Å². The third-order valence-electron chi connectivity index (χ3n) is 1.47. The van der Waals surface area contributed by atoms with Crippen LogP contribution in [0.2, 0.25) is 0 Å². The van der Waals surface area contributed by atoms with Crippen LogP contribution in [0.15, 0.2) is 36.1 Å². The first-order valence-electron chi connectivity index (χ1n) is 3.67. The van der Waals surface area contributed by atoms with E-state index in [1.807, 2.05) is 14.1 Å². The van der Waals surface area contributed by atoms with Crippen molar-refractivity contribution in [1.29, 1.82) is 0 Å². The Morgan fingerprint density at radius 1 is 1.27 bits per heavy atom. The molecule has 0 spiro atoms. The van der Waals surface area contributed by atoms with Crippen LogP contribution in [0.4, 0.5) is 0 Å². The van der Waals surface area contributed by atoms with Gasteiger partial charge in [-0.25, -0.2) is 0 Å². The Balaban J connectivity index is 4.78. The quantitative estimate of drug-likeness (QED) is 0.560. The molecule has 0 bridgehead atoms. The predicted molar refractivity (Wildman–Crippen MR) is 51.4 cm³/mol. The highest BCUT2D eigenvalue weighted by Gasteiger charge is 2.02. The summed E-state index contributed by atoms with van der Waals surface area (Å²) in [7, 11) is 4.02. The molecule has 0 aliphatic carbocycles. The molecule has 11 heavy (non-hydrogen) atoms. The molecule has 1 nitrogen and oxygen atoms in total. The van der Waals surface area contributed by atoms with Gasteiger partial charge < -0.3 is 4.90 Å². The Labute approximate surface area is 69.7 Å². The number of likely N-dealkylation sites (N-methyl/N-ethyl adjacent to an activating group) is 1. The fraction of sp³-hybridized carbons (Fsp3) is 0.400. The van der Waals surface area contributed by atoms with Crippen LogP contribution >= 0.6 is 0 Å². The van der Waals surface area contributed by atoms with E-state index >= 15 is 0 Å². The van der Waals surface area contributed by atoms with Crippen LogP contribution in [0.25, 0.3) is 0 Å². The zero-order valence-electron chi connectivity index (χ0n) is 7.94. The lowest BCUT2D eigenvalue weighted by atomic mass is 10.1. The molecule has 0 unspecified atom stereocenters. The molecule has 0 aromatic carbocycles. The third kappa shape index (κ3) is 2.62. The summed E-state index contributed by atoms with van der Waals surface area (Å²) in [5.74, 6) is 0. The zero-order valence-corrected chi connectivity index (χ0v) is 7.94. The molecule has 0 amide bonds. The smallest absolute Gasteiger partial charge is 0.0414 e. The second kappa shape index (κ2) is 4.02. The predicted octanol–water partition coefficient (Wildman–Crippen LogP) is 2.58. The van der Waals surface area contributed by atoms with Crippen molar-refractivity contribution in [2.45, 2.75) is 13.8 Å². The molecule has 0 N–H and O–H groups in total. The second-order valence-electron chi connectivity index (χ2n) is 2.97. The standard InChI is InChI=1S/C10H17N/c1-7-9(4)10(8(2)3)11(5)6/h7H,1,4H2,2-3,5-6H3. The summed E-state index contributed by atoms with van der Waals surface area (Å²) in [6.07, 6.45) is 1.78. The van der Waals surface area contributed by atoms with Gasteiger partial charge in [-0.3, -0.25) is 0 Å². The van der Waals surface area contributed by atoms with Crippen LogP contribution in [0.3, 0.4) is 0 Å². The topological polar surface area (TPSA) is 3.24 Å². The Hall–Kier alpha value is -0.980. The lowest BCUT2D eigenvalue weighted by molar-refractivity contribution is 0.518. The molecule has 0 radical (unpaired) electrons. The van der Waals surface area contributed by atoms with E-state index in [-0.39, 0.29) is 0 Å². The number of hydrogen-bond donors (Lipinski definition) is 0. The minimum Gasteiger partial charge on any atom is -0.377 e. The van der Waals surface area contributed by atoms with Gasteiger partial charge in [0, 0.05) is 19.8 Å². The van der Waals surface area contributed by atoms with Gasteiger partial charge >= 0.3 is 0 Å². The molecule has 0 aliphatic rings. The fourth-order valence-electron chi connectivity index (χ4n) is 1.15. The van der Waals surface area contributed by atoms with Crippen LogP contribution in [0, 0.1) is 0 Å². The largest absolute Gasteiger partial charge is 0.377 e. The molecular weight excluding hydrogens is 134 g/mol. The summed E-state index contributed by atoms with van der Waals surface area (Å²) >= 11 is 0. The normalized spacial score (nSPS) is 8.73. The number of hydrogen-bond acceptors (Lipinski definition) is 1. The van der Waals surface area contributed by atoms with Crippen molar-refractivity contribution < 1.29 is 0 Å². The van der Waals surface area contributed by atoms with Crippen molar-refractivity contribution in [3.8, 4) is 0 Å². The summed E-state index contributed by atoms with van der Waals surface area (Å²) < 4.78 is 0. The van der Waals surface area contributed by atoms with Crippen molar-refractivity contribution in [3.63, 3.8) is 0 Å². The van der Waals surface area contributed by atoms with Crippen LogP contribution in [0.1, 0.15) is 13.8 Å². The van der Waals surface area contributed by atoms with Crippen LogP contribution < -0.4 is 0 Å². The van der Waals surface area contributed by atoms with Crippen LogP contribution in [-0.2, 0) is 0 Å². The Morgan fingerprint density at radius 3 is 1.82 bits per heavy atom. The number of rotatable bonds is 3. The zero-order chi connectivity index (χ0) is 9.02. The van der Waals surface area contributed by atoms with Crippen LogP contribution in [-0.4, -0.2) is 19.0 Å². The second-order valence-corrected chi connectivity index (χ2v) is 2.97.